The highest BCUT2D eigenvalue weighted by atomic mass is 16.3. The van der Waals surface area contributed by atoms with Gasteiger partial charge >= 0.3 is 0 Å². The van der Waals surface area contributed by atoms with E-state index in [4.69, 9.17) is 0 Å². The molecular formula is C24H26N4O3. The summed E-state index contributed by atoms with van der Waals surface area (Å²) in [5.74, 6) is -0.416. The summed E-state index contributed by atoms with van der Waals surface area (Å²) in [6.45, 7) is 0.343. The average Bonchev–Trinajstić information content (AvgIpc) is 2.81. The van der Waals surface area contributed by atoms with Crippen molar-refractivity contribution in [2.24, 2.45) is 0 Å². The first-order valence-electron chi connectivity index (χ1n) is 10.9. The van der Waals surface area contributed by atoms with Gasteiger partial charge in [-0.15, -0.1) is 0 Å². The number of hydrogen-bond donors (Lipinski definition) is 1. The minimum Gasteiger partial charge on any atom is -0.394 e. The highest BCUT2D eigenvalue weighted by Crippen LogP contribution is 2.43. The number of aliphatic hydroxyl groups excluding tert-OH is 1. The van der Waals surface area contributed by atoms with Crippen molar-refractivity contribution < 1.29 is 14.7 Å². The molecule has 3 heterocycles. The van der Waals surface area contributed by atoms with Crippen molar-refractivity contribution in [2.75, 3.05) is 19.7 Å². The number of piperazine rings is 1. The third kappa shape index (κ3) is 3.53. The van der Waals surface area contributed by atoms with Gasteiger partial charge in [0.25, 0.3) is 5.91 Å². The quantitative estimate of drug-likeness (QED) is 0.823. The second kappa shape index (κ2) is 8.23. The molecule has 2 amide bonds. The number of benzene rings is 1. The van der Waals surface area contributed by atoms with E-state index in [0.717, 1.165) is 18.4 Å². The molecule has 7 heteroatoms. The number of allylic oxidation sites excluding steroid dienone is 2. The highest BCUT2D eigenvalue weighted by molar-refractivity contribution is 5.96. The zero-order valence-electron chi connectivity index (χ0n) is 17.4. The molecule has 31 heavy (non-hydrogen) atoms. The molecular weight excluding hydrogens is 392 g/mol. The Labute approximate surface area is 181 Å². The van der Waals surface area contributed by atoms with E-state index in [1.165, 1.54) is 42.6 Å². The van der Waals surface area contributed by atoms with Crippen molar-refractivity contribution in [3.63, 3.8) is 0 Å². The molecule has 1 aromatic heterocycles. The number of amides is 2. The molecule has 5 rings (SSSR count). The first-order valence-corrected chi connectivity index (χ1v) is 10.9. The summed E-state index contributed by atoms with van der Waals surface area (Å²) in [4.78, 5) is 37.0. The van der Waals surface area contributed by atoms with Crippen LogP contribution in [0.1, 0.15) is 53.2 Å². The molecule has 2 fully saturated rings. The number of nitrogens with zero attached hydrogens (tertiary/aromatic N) is 4. The molecule has 0 unspecified atom stereocenters. The Balaban J connectivity index is 1.37. The lowest BCUT2D eigenvalue weighted by Gasteiger charge is -2.58. The lowest BCUT2D eigenvalue weighted by molar-refractivity contribution is -0.159. The van der Waals surface area contributed by atoms with Crippen molar-refractivity contribution in [1.82, 2.24) is 19.8 Å². The average molecular weight is 418 g/mol. The van der Waals surface area contributed by atoms with Gasteiger partial charge in [-0.05, 0) is 42.4 Å². The molecule has 0 saturated carbocycles. The minimum absolute atomic E-state index is 0.000734. The summed E-state index contributed by atoms with van der Waals surface area (Å²) in [7, 11) is 0. The fraction of sp³-hybridized carbons (Fsp3) is 0.417. The third-order valence-corrected chi connectivity index (χ3v) is 6.78. The fourth-order valence-corrected chi connectivity index (χ4v) is 5.25. The predicted molar refractivity (Wildman–Crippen MR) is 115 cm³/mol. The normalized spacial score (nSPS) is 25.5. The van der Waals surface area contributed by atoms with E-state index in [-0.39, 0.29) is 48.7 Å². The first-order chi connectivity index (χ1) is 15.2. The Kier molecular flexibility index (Phi) is 5.28. The van der Waals surface area contributed by atoms with Gasteiger partial charge in [-0.2, -0.15) is 0 Å². The number of rotatable bonds is 4. The van der Waals surface area contributed by atoms with Crippen LogP contribution in [0.3, 0.4) is 0 Å². The monoisotopic (exact) mass is 418 g/mol. The molecule has 1 aromatic carbocycles. The maximum absolute atomic E-state index is 12.8. The molecule has 7 nitrogen and oxygen atoms in total. The Morgan fingerprint density at radius 3 is 2.68 bits per heavy atom. The number of fused-ring (bicyclic) bond motifs is 1. The largest absolute Gasteiger partial charge is 0.394 e. The lowest BCUT2D eigenvalue weighted by atomic mass is 9.73. The Bertz CT molecular complexity index is 1010. The number of aliphatic hydroxyl groups is 1. The Morgan fingerprint density at radius 2 is 2.00 bits per heavy atom. The number of hydrogen-bond acceptors (Lipinski definition) is 5. The van der Waals surface area contributed by atoms with E-state index in [1.807, 2.05) is 0 Å². The van der Waals surface area contributed by atoms with Crippen LogP contribution in [-0.4, -0.2) is 68.5 Å². The predicted octanol–water partition coefficient (Wildman–Crippen LogP) is 2.25. The van der Waals surface area contributed by atoms with Crippen LogP contribution in [0.2, 0.25) is 0 Å². The topological polar surface area (TPSA) is 86.6 Å². The molecule has 160 valence electrons. The fourth-order valence-electron chi connectivity index (χ4n) is 5.25. The van der Waals surface area contributed by atoms with Crippen molar-refractivity contribution in [1.29, 1.82) is 0 Å². The third-order valence-electron chi connectivity index (χ3n) is 6.78. The second-order valence-corrected chi connectivity index (χ2v) is 8.52. The zero-order chi connectivity index (χ0) is 21.4. The second-order valence-electron chi connectivity index (χ2n) is 8.52. The molecule has 3 atom stereocenters. The Morgan fingerprint density at radius 1 is 1.16 bits per heavy atom. The maximum Gasteiger partial charge on any atom is 0.274 e. The van der Waals surface area contributed by atoms with Crippen LogP contribution in [0.4, 0.5) is 0 Å². The van der Waals surface area contributed by atoms with Crippen LogP contribution < -0.4 is 0 Å². The number of carbonyl (C=O) groups excluding carboxylic acids is 2. The molecule has 0 radical (unpaired) electrons. The van der Waals surface area contributed by atoms with Crippen LogP contribution in [0.15, 0.2) is 48.9 Å². The molecule has 0 bridgehead atoms. The van der Waals surface area contributed by atoms with Gasteiger partial charge in [-0.1, -0.05) is 30.3 Å². The van der Waals surface area contributed by atoms with Gasteiger partial charge < -0.3 is 14.9 Å². The SMILES string of the molecule is O=C(c1cnccn1)N1CC(=O)N2[C@H](CO)[C@@H](c3ccc(C4=CCCCC4)cc3)[C@@H]2C1. The summed E-state index contributed by atoms with van der Waals surface area (Å²) >= 11 is 0. The van der Waals surface area contributed by atoms with Crippen LogP contribution in [0, 0.1) is 0 Å². The molecule has 2 aliphatic heterocycles. The van der Waals surface area contributed by atoms with Gasteiger partial charge in [0, 0.05) is 24.9 Å². The summed E-state index contributed by atoms with van der Waals surface area (Å²) in [5.41, 5.74) is 3.99. The smallest absolute Gasteiger partial charge is 0.274 e. The van der Waals surface area contributed by atoms with E-state index >= 15 is 0 Å². The highest BCUT2D eigenvalue weighted by Gasteiger charge is 2.54. The van der Waals surface area contributed by atoms with E-state index < -0.39 is 0 Å². The van der Waals surface area contributed by atoms with E-state index in [9.17, 15) is 14.7 Å². The molecule has 0 spiro atoms. The van der Waals surface area contributed by atoms with E-state index in [1.54, 1.807) is 9.80 Å². The Hall–Kier alpha value is -3.06. The summed E-state index contributed by atoms with van der Waals surface area (Å²) in [6, 6.07) is 8.14. The minimum atomic E-state index is -0.285. The van der Waals surface area contributed by atoms with Crippen molar-refractivity contribution in [3.05, 3.63) is 65.8 Å². The zero-order valence-corrected chi connectivity index (χ0v) is 17.4. The van der Waals surface area contributed by atoms with Crippen LogP contribution in [0.5, 0.6) is 0 Å². The molecule has 1 aliphatic carbocycles. The van der Waals surface area contributed by atoms with E-state index in [2.05, 4.69) is 40.3 Å². The molecule has 1 N–H and O–H groups in total. The van der Waals surface area contributed by atoms with Gasteiger partial charge in [0.2, 0.25) is 5.91 Å². The molecule has 2 saturated heterocycles. The van der Waals surface area contributed by atoms with Crippen LogP contribution in [-0.2, 0) is 4.79 Å². The van der Waals surface area contributed by atoms with Gasteiger partial charge in [-0.25, -0.2) is 4.98 Å². The van der Waals surface area contributed by atoms with Gasteiger partial charge in [0.05, 0.1) is 24.9 Å². The standard InChI is InChI=1S/C24H26N4O3/c29-15-21-23(18-8-6-17(7-9-18)16-4-2-1-3-5-16)20-13-27(14-22(30)28(20)21)24(31)19-12-25-10-11-26-19/h4,6-12,20-21,23,29H,1-3,5,13-15H2/t20-,21+,23-/m0/s1. The molecule has 3 aliphatic rings. The van der Waals surface area contributed by atoms with E-state index in [0.29, 0.717) is 6.54 Å². The van der Waals surface area contributed by atoms with Crippen molar-refractivity contribution in [3.8, 4) is 0 Å². The number of carbonyl (C=O) groups is 2. The summed E-state index contributed by atoms with van der Waals surface area (Å²) < 4.78 is 0. The number of aromatic nitrogens is 2. The maximum atomic E-state index is 12.8. The van der Waals surface area contributed by atoms with Gasteiger partial charge in [0.1, 0.15) is 12.2 Å². The van der Waals surface area contributed by atoms with Gasteiger partial charge in [-0.3, -0.25) is 14.6 Å². The van der Waals surface area contributed by atoms with Crippen LogP contribution >= 0.6 is 0 Å². The summed E-state index contributed by atoms with van der Waals surface area (Å²) in [5, 5.41) is 9.98. The van der Waals surface area contributed by atoms with Crippen LogP contribution in [0.25, 0.3) is 5.57 Å². The van der Waals surface area contributed by atoms with Crippen molar-refractivity contribution >= 4 is 17.4 Å². The van der Waals surface area contributed by atoms with Crippen molar-refractivity contribution in [2.45, 2.75) is 43.7 Å². The molecule has 2 aromatic rings. The first kappa shape index (κ1) is 19.9. The summed E-state index contributed by atoms with van der Waals surface area (Å²) in [6.07, 6.45) is 11.5. The lowest BCUT2D eigenvalue weighted by Crippen LogP contribution is -2.73. The van der Waals surface area contributed by atoms with Gasteiger partial charge in [0.15, 0.2) is 0 Å².